The fourth-order valence-corrected chi connectivity index (χ4v) is 3.69. The van der Waals surface area contributed by atoms with Crippen LogP contribution in [-0.2, 0) is 16.1 Å². The molecule has 1 aliphatic rings. The van der Waals surface area contributed by atoms with E-state index in [1.807, 2.05) is 18.2 Å². The maximum absolute atomic E-state index is 11.8. The molecule has 2 rings (SSSR count). The number of para-hydroxylation sites is 1. The molecule has 28 heavy (non-hydrogen) atoms. The monoisotopic (exact) mass is 389 g/mol. The van der Waals surface area contributed by atoms with E-state index >= 15 is 0 Å². The maximum atomic E-state index is 11.8. The van der Waals surface area contributed by atoms with Crippen LogP contribution in [0.2, 0.25) is 0 Å². The van der Waals surface area contributed by atoms with Crippen LogP contribution >= 0.6 is 0 Å². The SMILES string of the molecule is CNC(=O)CNC(=O)CCOc1ccccc1CNC(C)CC1CCCCC1. The van der Waals surface area contributed by atoms with Crippen molar-refractivity contribution >= 4 is 11.8 Å². The summed E-state index contributed by atoms with van der Waals surface area (Å²) in [5.74, 6) is 1.25. The lowest BCUT2D eigenvalue weighted by Gasteiger charge is -2.25. The topological polar surface area (TPSA) is 79.5 Å². The predicted octanol–water partition coefficient (Wildman–Crippen LogP) is 2.77. The average Bonchev–Trinajstić information content (AvgIpc) is 2.72. The smallest absolute Gasteiger partial charge is 0.239 e. The molecule has 0 bridgehead atoms. The van der Waals surface area contributed by atoms with E-state index < -0.39 is 0 Å². The normalized spacial score (nSPS) is 15.6. The van der Waals surface area contributed by atoms with Gasteiger partial charge >= 0.3 is 0 Å². The molecular weight excluding hydrogens is 354 g/mol. The van der Waals surface area contributed by atoms with Gasteiger partial charge in [-0.3, -0.25) is 9.59 Å². The van der Waals surface area contributed by atoms with Gasteiger partial charge in [0.1, 0.15) is 5.75 Å². The summed E-state index contributed by atoms with van der Waals surface area (Å²) in [6.45, 7) is 3.30. The van der Waals surface area contributed by atoms with Gasteiger partial charge < -0.3 is 20.7 Å². The van der Waals surface area contributed by atoms with Crippen molar-refractivity contribution in [2.45, 2.75) is 64.5 Å². The molecule has 1 aromatic carbocycles. The van der Waals surface area contributed by atoms with Crippen molar-refractivity contribution in [1.82, 2.24) is 16.0 Å². The number of hydrogen-bond donors (Lipinski definition) is 3. The fraction of sp³-hybridized carbons (Fsp3) is 0.636. The number of likely N-dealkylation sites (N-methyl/N-ethyl adjacent to an activating group) is 1. The fourth-order valence-electron chi connectivity index (χ4n) is 3.69. The molecule has 0 radical (unpaired) electrons. The van der Waals surface area contributed by atoms with Crippen LogP contribution in [0.15, 0.2) is 24.3 Å². The molecule has 6 nitrogen and oxygen atoms in total. The lowest BCUT2D eigenvalue weighted by Crippen LogP contribution is -2.35. The van der Waals surface area contributed by atoms with Gasteiger partial charge in [-0.05, 0) is 25.3 Å². The second kappa shape index (κ2) is 12.4. The van der Waals surface area contributed by atoms with Crippen LogP contribution < -0.4 is 20.7 Å². The van der Waals surface area contributed by atoms with Crippen LogP contribution in [0.3, 0.4) is 0 Å². The van der Waals surface area contributed by atoms with Crippen molar-refractivity contribution in [2.24, 2.45) is 5.92 Å². The van der Waals surface area contributed by atoms with E-state index in [4.69, 9.17) is 4.74 Å². The highest BCUT2D eigenvalue weighted by Gasteiger charge is 2.16. The molecule has 0 aromatic heterocycles. The molecule has 1 fully saturated rings. The van der Waals surface area contributed by atoms with Crippen molar-refractivity contribution in [3.05, 3.63) is 29.8 Å². The molecule has 0 saturated heterocycles. The predicted molar refractivity (Wildman–Crippen MR) is 111 cm³/mol. The Hall–Kier alpha value is -2.08. The zero-order valence-corrected chi connectivity index (χ0v) is 17.3. The van der Waals surface area contributed by atoms with Gasteiger partial charge in [-0.15, -0.1) is 0 Å². The minimum absolute atomic E-state index is 0.00524. The summed E-state index contributed by atoms with van der Waals surface area (Å²) in [5, 5.41) is 8.66. The molecule has 1 aliphatic carbocycles. The first-order valence-electron chi connectivity index (χ1n) is 10.5. The van der Waals surface area contributed by atoms with Gasteiger partial charge in [-0.25, -0.2) is 0 Å². The van der Waals surface area contributed by atoms with Gasteiger partial charge in [-0.1, -0.05) is 50.3 Å². The Morgan fingerprint density at radius 2 is 1.89 bits per heavy atom. The number of ether oxygens (including phenoxy) is 1. The zero-order valence-electron chi connectivity index (χ0n) is 17.3. The molecule has 1 atom stereocenters. The molecule has 0 heterocycles. The lowest BCUT2D eigenvalue weighted by molar-refractivity contribution is -0.126. The lowest BCUT2D eigenvalue weighted by atomic mass is 9.85. The summed E-state index contributed by atoms with van der Waals surface area (Å²) >= 11 is 0. The molecule has 156 valence electrons. The Bertz CT molecular complexity index is 615. The van der Waals surface area contributed by atoms with Crippen molar-refractivity contribution in [1.29, 1.82) is 0 Å². The number of benzene rings is 1. The molecule has 0 aliphatic heterocycles. The van der Waals surface area contributed by atoms with Crippen molar-refractivity contribution in [3.8, 4) is 5.75 Å². The van der Waals surface area contributed by atoms with E-state index in [0.717, 1.165) is 23.8 Å². The Balaban J connectivity index is 1.72. The second-order valence-electron chi connectivity index (χ2n) is 7.68. The van der Waals surface area contributed by atoms with E-state index in [9.17, 15) is 9.59 Å². The molecule has 6 heteroatoms. The minimum atomic E-state index is -0.215. The third-order valence-electron chi connectivity index (χ3n) is 5.34. The number of hydrogen-bond acceptors (Lipinski definition) is 4. The van der Waals surface area contributed by atoms with E-state index in [0.29, 0.717) is 6.04 Å². The van der Waals surface area contributed by atoms with E-state index in [1.165, 1.54) is 38.5 Å². The number of carbonyl (C=O) groups is 2. The van der Waals surface area contributed by atoms with Crippen LogP contribution in [0, 0.1) is 5.92 Å². The van der Waals surface area contributed by atoms with Crippen LogP contribution in [0.4, 0.5) is 0 Å². The largest absolute Gasteiger partial charge is 0.493 e. The number of nitrogens with one attached hydrogen (secondary N) is 3. The number of carbonyl (C=O) groups excluding carboxylic acids is 2. The third kappa shape index (κ3) is 8.30. The van der Waals surface area contributed by atoms with E-state index in [2.05, 4.69) is 28.9 Å². The van der Waals surface area contributed by atoms with Crippen molar-refractivity contribution in [2.75, 3.05) is 20.2 Å². The van der Waals surface area contributed by atoms with Crippen molar-refractivity contribution in [3.63, 3.8) is 0 Å². The first-order chi connectivity index (χ1) is 13.6. The summed E-state index contributed by atoms with van der Waals surface area (Å²) in [6, 6.07) is 8.42. The molecule has 1 unspecified atom stereocenters. The van der Waals surface area contributed by atoms with Gasteiger partial charge in [0.25, 0.3) is 0 Å². The highest BCUT2D eigenvalue weighted by atomic mass is 16.5. The molecule has 2 amide bonds. The summed E-state index contributed by atoms with van der Waals surface area (Å²) in [6.07, 6.45) is 8.34. The molecular formula is C22H35N3O3. The molecule has 3 N–H and O–H groups in total. The van der Waals surface area contributed by atoms with Crippen LogP contribution in [-0.4, -0.2) is 38.1 Å². The van der Waals surface area contributed by atoms with Crippen LogP contribution in [0.25, 0.3) is 0 Å². The van der Waals surface area contributed by atoms with Gasteiger partial charge in [0.2, 0.25) is 11.8 Å². The molecule has 1 aromatic rings. The third-order valence-corrected chi connectivity index (χ3v) is 5.34. The van der Waals surface area contributed by atoms with E-state index in [-0.39, 0.29) is 31.4 Å². The van der Waals surface area contributed by atoms with E-state index in [1.54, 1.807) is 7.05 Å². The maximum Gasteiger partial charge on any atom is 0.239 e. The van der Waals surface area contributed by atoms with Crippen molar-refractivity contribution < 1.29 is 14.3 Å². The molecule has 1 saturated carbocycles. The Morgan fingerprint density at radius 3 is 2.64 bits per heavy atom. The number of amides is 2. The highest BCUT2D eigenvalue weighted by Crippen LogP contribution is 2.27. The zero-order chi connectivity index (χ0) is 20.2. The summed E-state index contributed by atoms with van der Waals surface area (Å²) in [7, 11) is 1.54. The van der Waals surface area contributed by atoms with Crippen LogP contribution in [0.1, 0.15) is 57.4 Å². The standard InChI is InChI=1S/C22H35N3O3/c1-17(14-18-8-4-3-5-9-18)24-15-19-10-6-7-11-20(19)28-13-12-21(26)25-16-22(27)23-2/h6-7,10-11,17-18,24H,3-5,8-9,12-16H2,1-2H3,(H,23,27)(H,25,26). The van der Waals surface area contributed by atoms with Gasteiger partial charge in [0.15, 0.2) is 0 Å². The van der Waals surface area contributed by atoms with Gasteiger partial charge in [0.05, 0.1) is 19.6 Å². The first-order valence-corrected chi connectivity index (χ1v) is 10.5. The quantitative estimate of drug-likeness (QED) is 0.544. The second-order valence-corrected chi connectivity index (χ2v) is 7.68. The minimum Gasteiger partial charge on any atom is -0.493 e. The first kappa shape index (κ1) is 22.2. The average molecular weight is 390 g/mol. The summed E-state index contributed by atoms with van der Waals surface area (Å²) in [4.78, 5) is 22.9. The Kier molecular flexibility index (Phi) is 9.83. The van der Waals surface area contributed by atoms with Gasteiger partial charge in [0, 0.05) is 25.2 Å². The molecule has 0 spiro atoms. The number of rotatable bonds is 11. The summed E-state index contributed by atoms with van der Waals surface area (Å²) in [5.41, 5.74) is 1.10. The highest BCUT2D eigenvalue weighted by molar-refractivity contribution is 5.84. The Labute approximate surface area is 168 Å². The summed E-state index contributed by atoms with van der Waals surface area (Å²) < 4.78 is 5.82. The van der Waals surface area contributed by atoms with Gasteiger partial charge in [-0.2, -0.15) is 0 Å². The Morgan fingerprint density at radius 1 is 1.14 bits per heavy atom. The van der Waals surface area contributed by atoms with Crippen LogP contribution in [0.5, 0.6) is 5.75 Å².